The summed E-state index contributed by atoms with van der Waals surface area (Å²) in [6, 6.07) is 8.57. The van der Waals surface area contributed by atoms with Crippen LogP contribution in [0, 0.1) is 17.8 Å². The van der Waals surface area contributed by atoms with Gasteiger partial charge >= 0.3 is 0 Å². The van der Waals surface area contributed by atoms with Gasteiger partial charge in [-0.25, -0.2) is 0 Å². The van der Waals surface area contributed by atoms with Gasteiger partial charge in [-0.1, -0.05) is 75.3 Å². The van der Waals surface area contributed by atoms with Crippen molar-refractivity contribution in [3.63, 3.8) is 0 Å². The minimum absolute atomic E-state index is 0.000425. The Labute approximate surface area is 157 Å². The van der Waals surface area contributed by atoms with Crippen molar-refractivity contribution in [2.45, 2.75) is 69.9 Å². The highest BCUT2D eigenvalue weighted by atomic mass is 16.3. The van der Waals surface area contributed by atoms with Crippen LogP contribution in [-0.2, 0) is 4.79 Å². The molecule has 1 aromatic rings. The Kier molecular flexibility index (Phi) is 7.09. The summed E-state index contributed by atoms with van der Waals surface area (Å²) in [6.45, 7) is -0.263. The van der Waals surface area contributed by atoms with Crippen LogP contribution in [0.15, 0.2) is 30.3 Å². The highest BCUT2D eigenvalue weighted by Gasteiger charge is 2.33. The predicted octanol–water partition coefficient (Wildman–Crippen LogP) is 3.58. The van der Waals surface area contributed by atoms with Gasteiger partial charge in [-0.15, -0.1) is 0 Å². The summed E-state index contributed by atoms with van der Waals surface area (Å²) in [5.41, 5.74) is 0.718. The Morgan fingerprint density at radius 2 is 1.69 bits per heavy atom. The lowest BCUT2D eigenvalue weighted by Gasteiger charge is -2.36. The molecule has 0 aromatic heterocycles. The number of aliphatic hydroxyl groups excluding tert-OH is 2. The molecule has 0 aliphatic heterocycles. The molecule has 26 heavy (non-hydrogen) atoms. The molecule has 0 unspecified atom stereocenters. The minimum atomic E-state index is -0.886. The number of amides is 1. The van der Waals surface area contributed by atoms with E-state index in [9.17, 15) is 15.0 Å². The summed E-state index contributed by atoms with van der Waals surface area (Å²) < 4.78 is 0. The van der Waals surface area contributed by atoms with Gasteiger partial charge < -0.3 is 15.5 Å². The Balaban J connectivity index is 1.57. The maximum absolute atomic E-state index is 12.8. The summed E-state index contributed by atoms with van der Waals surface area (Å²) in [4.78, 5) is 12.8. The van der Waals surface area contributed by atoms with Crippen LogP contribution in [0.1, 0.15) is 69.5 Å². The van der Waals surface area contributed by atoms with E-state index in [0.29, 0.717) is 5.92 Å². The largest absolute Gasteiger partial charge is 0.394 e. The standard InChI is InChI=1S/C22H33NO3/c24-15-20(21(25)17-10-5-2-6-11-17)23-22(26)19-13-7-12-18(14-19)16-8-3-1-4-9-16/h2,5-6,10-11,16,18-21,24-25H,1,3-4,7-9,12-15H2,(H,23,26)/t18-,19+,20-,21-/m0/s1. The second kappa shape index (κ2) is 9.52. The molecule has 4 atom stereocenters. The van der Waals surface area contributed by atoms with Gasteiger partial charge in [0.2, 0.25) is 5.91 Å². The van der Waals surface area contributed by atoms with Crippen LogP contribution in [0.2, 0.25) is 0 Å². The first-order valence-electron chi connectivity index (χ1n) is 10.3. The molecule has 4 heteroatoms. The topological polar surface area (TPSA) is 69.6 Å². The molecule has 4 nitrogen and oxygen atoms in total. The Hall–Kier alpha value is -1.39. The molecular formula is C22H33NO3. The quantitative estimate of drug-likeness (QED) is 0.727. The second-order valence-electron chi connectivity index (χ2n) is 8.17. The van der Waals surface area contributed by atoms with E-state index < -0.39 is 12.1 Å². The van der Waals surface area contributed by atoms with Crippen molar-refractivity contribution in [3.05, 3.63) is 35.9 Å². The molecule has 0 radical (unpaired) electrons. The number of aliphatic hydroxyl groups is 2. The smallest absolute Gasteiger partial charge is 0.223 e. The average molecular weight is 360 g/mol. The van der Waals surface area contributed by atoms with Gasteiger partial charge in [0.05, 0.1) is 12.6 Å². The second-order valence-corrected chi connectivity index (χ2v) is 8.17. The Morgan fingerprint density at radius 3 is 2.38 bits per heavy atom. The van der Waals surface area contributed by atoms with Crippen molar-refractivity contribution in [2.24, 2.45) is 17.8 Å². The van der Waals surface area contributed by atoms with Crippen LogP contribution in [-0.4, -0.2) is 28.8 Å². The maximum atomic E-state index is 12.8. The zero-order valence-corrected chi connectivity index (χ0v) is 15.6. The number of hydrogen-bond donors (Lipinski definition) is 3. The Morgan fingerprint density at radius 1 is 1.00 bits per heavy atom. The van der Waals surface area contributed by atoms with Crippen LogP contribution in [0.3, 0.4) is 0 Å². The molecule has 2 fully saturated rings. The molecule has 1 aromatic carbocycles. The van der Waals surface area contributed by atoms with Crippen molar-refractivity contribution in [1.29, 1.82) is 0 Å². The fourth-order valence-electron chi connectivity index (χ4n) is 4.91. The highest BCUT2D eigenvalue weighted by Crippen LogP contribution is 2.40. The molecule has 2 aliphatic rings. The normalized spacial score (nSPS) is 26.8. The number of carbonyl (C=O) groups is 1. The fourth-order valence-corrected chi connectivity index (χ4v) is 4.91. The molecule has 3 N–H and O–H groups in total. The van der Waals surface area contributed by atoms with Gasteiger partial charge in [0.25, 0.3) is 0 Å². The van der Waals surface area contributed by atoms with E-state index in [-0.39, 0.29) is 18.4 Å². The lowest BCUT2D eigenvalue weighted by molar-refractivity contribution is -0.129. The van der Waals surface area contributed by atoms with Crippen LogP contribution in [0.5, 0.6) is 0 Å². The predicted molar refractivity (Wildman–Crippen MR) is 102 cm³/mol. The third kappa shape index (κ3) is 4.86. The minimum Gasteiger partial charge on any atom is -0.394 e. The zero-order valence-electron chi connectivity index (χ0n) is 15.6. The summed E-state index contributed by atoms with van der Waals surface area (Å²) >= 11 is 0. The van der Waals surface area contributed by atoms with Crippen molar-refractivity contribution in [3.8, 4) is 0 Å². The number of carbonyl (C=O) groups excluding carboxylic acids is 1. The van der Waals surface area contributed by atoms with Gasteiger partial charge in [0.15, 0.2) is 0 Å². The lowest BCUT2D eigenvalue weighted by Crippen LogP contribution is -2.45. The molecule has 0 heterocycles. The summed E-state index contributed by atoms with van der Waals surface area (Å²) in [7, 11) is 0. The SMILES string of the molecule is O=C(N[C@@H](CO)[C@@H](O)c1ccccc1)[C@@H]1CCC[C@H](C2CCCCC2)C1. The van der Waals surface area contributed by atoms with Crippen molar-refractivity contribution in [1.82, 2.24) is 5.32 Å². The van der Waals surface area contributed by atoms with Crippen molar-refractivity contribution in [2.75, 3.05) is 6.61 Å². The van der Waals surface area contributed by atoms with Gasteiger partial charge in [0, 0.05) is 5.92 Å². The monoisotopic (exact) mass is 359 g/mol. The highest BCUT2D eigenvalue weighted by molar-refractivity contribution is 5.79. The molecule has 0 saturated heterocycles. The van der Waals surface area contributed by atoms with Crippen LogP contribution in [0.25, 0.3) is 0 Å². The van der Waals surface area contributed by atoms with Crippen LogP contribution < -0.4 is 5.32 Å². The first-order valence-corrected chi connectivity index (χ1v) is 10.3. The van der Waals surface area contributed by atoms with E-state index in [1.807, 2.05) is 30.3 Å². The van der Waals surface area contributed by atoms with Crippen molar-refractivity contribution >= 4 is 5.91 Å². The van der Waals surface area contributed by atoms with Crippen molar-refractivity contribution < 1.29 is 15.0 Å². The summed E-state index contributed by atoms with van der Waals surface area (Å²) in [6.07, 6.45) is 10.1. The van der Waals surface area contributed by atoms with E-state index in [2.05, 4.69) is 5.32 Å². The first kappa shape index (κ1) is 19.4. The maximum Gasteiger partial charge on any atom is 0.223 e. The van der Waals surface area contributed by atoms with E-state index >= 15 is 0 Å². The molecule has 3 rings (SSSR count). The molecule has 0 spiro atoms. The van der Waals surface area contributed by atoms with Gasteiger partial charge in [-0.3, -0.25) is 4.79 Å². The Bertz CT molecular complexity index is 556. The lowest BCUT2D eigenvalue weighted by atomic mass is 9.70. The number of hydrogen-bond acceptors (Lipinski definition) is 3. The average Bonchev–Trinajstić information content (AvgIpc) is 2.72. The van der Waals surface area contributed by atoms with E-state index in [1.54, 1.807) is 0 Å². The summed E-state index contributed by atoms with van der Waals surface area (Å²) in [5.74, 6) is 1.49. The van der Waals surface area contributed by atoms with E-state index in [0.717, 1.165) is 30.7 Å². The summed E-state index contributed by atoms with van der Waals surface area (Å²) in [5, 5.41) is 23.1. The van der Waals surface area contributed by atoms with Crippen LogP contribution >= 0.6 is 0 Å². The molecule has 2 aliphatic carbocycles. The third-order valence-electron chi connectivity index (χ3n) is 6.45. The zero-order chi connectivity index (χ0) is 18.4. The van der Waals surface area contributed by atoms with E-state index in [4.69, 9.17) is 0 Å². The third-order valence-corrected chi connectivity index (χ3v) is 6.45. The molecule has 1 amide bonds. The van der Waals surface area contributed by atoms with Gasteiger partial charge in [-0.05, 0) is 30.2 Å². The number of benzene rings is 1. The van der Waals surface area contributed by atoms with E-state index in [1.165, 1.54) is 38.5 Å². The number of nitrogens with one attached hydrogen (secondary N) is 1. The molecule has 0 bridgehead atoms. The van der Waals surface area contributed by atoms with Gasteiger partial charge in [0.1, 0.15) is 6.10 Å². The molecule has 2 saturated carbocycles. The fraction of sp³-hybridized carbons (Fsp3) is 0.682. The molecule has 144 valence electrons. The van der Waals surface area contributed by atoms with Gasteiger partial charge in [-0.2, -0.15) is 0 Å². The first-order chi connectivity index (χ1) is 12.7. The molecular weight excluding hydrogens is 326 g/mol. The van der Waals surface area contributed by atoms with Crippen LogP contribution in [0.4, 0.5) is 0 Å². The number of rotatable bonds is 6.